The van der Waals surface area contributed by atoms with Gasteiger partial charge in [0.2, 0.25) is 11.7 Å². The van der Waals surface area contributed by atoms with Crippen LogP contribution in [0.1, 0.15) is 6.92 Å². The number of hydrogen-bond acceptors (Lipinski definition) is 6. The van der Waals surface area contributed by atoms with E-state index in [9.17, 15) is 13.6 Å². The quantitative estimate of drug-likeness (QED) is 0.365. The molecular weight excluding hydrogens is 438 g/mol. The number of furan rings is 1. The number of halogens is 2. The number of carbonyl (C=O) groups excluding carboxylic acids is 1. The highest BCUT2D eigenvalue weighted by atomic mass is 32.2. The Morgan fingerprint density at radius 3 is 2.47 bits per heavy atom. The lowest BCUT2D eigenvalue weighted by Crippen LogP contribution is -2.22. The van der Waals surface area contributed by atoms with Crippen molar-refractivity contribution in [2.24, 2.45) is 0 Å². The topological polar surface area (TPSA) is 82.2 Å². The number of benzene rings is 2. The van der Waals surface area contributed by atoms with Crippen LogP contribution < -0.4 is 10.1 Å². The van der Waals surface area contributed by atoms with Crippen LogP contribution in [0.5, 0.6) is 5.75 Å². The van der Waals surface area contributed by atoms with E-state index in [2.05, 4.69) is 20.3 Å². The van der Waals surface area contributed by atoms with Gasteiger partial charge in [0.15, 0.2) is 10.9 Å². The Bertz CT molecular complexity index is 1170. The number of thioether (sulfide) groups is 1. The molecule has 32 heavy (non-hydrogen) atoms. The van der Waals surface area contributed by atoms with Gasteiger partial charge in [-0.15, -0.1) is 10.2 Å². The molecule has 1 atom stereocenters. The van der Waals surface area contributed by atoms with Gasteiger partial charge in [0.05, 0.1) is 11.5 Å². The number of ether oxygens (including phenoxy) is 1. The first kappa shape index (κ1) is 21.6. The molecule has 0 spiro atoms. The molecule has 1 N–H and O–H groups in total. The Kier molecular flexibility index (Phi) is 6.50. The second-order valence-corrected chi connectivity index (χ2v) is 7.91. The molecule has 0 fully saturated rings. The smallest absolute Gasteiger partial charge is 0.387 e. The molecule has 2 heterocycles. The minimum atomic E-state index is -2.90. The minimum Gasteiger partial charge on any atom is -0.461 e. The second-order valence-electron chi connectivity index (χ2n) is 6.61. The zero-order valence-corrected chi connectivity index (χ0v) is 17.6. The fraction of sp³-hybridized carbons (Fsp3) is 0.136. The van der Waals surface area contributed by atoms with Crippen molar-refractivity contribution in [3.05, 3.63) is 73.0 Å². The summed E-state index contributed by atoms with van der Waals surface area (Å²) >= 11 is 1.23. The molecular formula is C22H18F2N4O3S. The molecule has 0 saturated heterocycles. The van der Waals surface area contributed by atoms with Gasteiger partial charge in [-0.2, -0.15) is 8.78 Å². The monoisotopic (exact) mass is 456 g/mol. The summed E-state index contributed by atoms with van der Waals surface area (Å²) in [6.45, 7) is -1.16. The Morgan fingerprint density at radius 2 is 1.81 bits per heavy atom. The van der Waals surface area contributed by atoms with Crippen LogP contribution in [0.4, 0.5) is 14.5 Å². The number of rotatable bonds is 8. The Hall–Kier alpha value is -3.66. The van der Waals surface area contributed by atoms with E-state index in [4.69, 9.17) is 4.42 Å². The minimum absolute atomic E-state index is 0.0156. The van der Waals surface area contributed by atoms with Gasteiger partial charge in [0, 0.05) is 11.4 Å². The molecule has 4 aromatic rings. The standard InChI is InChI=1S/C22H18F2N4O3S/c1-14(20(29)25-15-9-11-17(12-10-15)31-21(23)24)32-22-27-26-19(18-8-5-13-30-18)28(22)16-6-3-2-4-7-16/h2-14,21H,1H3,(H,25,29). The third kappa shape index (κ3) is 4.97. The Morgan fingerprint density at radius 1 is 1.06 bits per heavy atom. The van der Waals surface area contributed by atoms with E-state index in [1.54, 1.807) is 25.3 Å². The predicted octanol–water partition coefficient (Wildman–Crippen LogP) is 5.25. The van der Waals surface area contributed by atoms with Crippen LogP contribution in [-0.4, -0.2) is 32.5 Å². The molecule has 0 saturated carbocycles. The van der Waals surface area contributed by atoms with Crippen molar-refractivity contribution in [1.29, 1.82) is 0 Å². The summed E-state index contributed by atoms with van der Waals surface area (Å²) < 4.78 is 36.2. The molecule has 0 aliphatic heterocycles. The molecule has 2 aromatic heterocycles. The molecule has 4 rings (SSSR count). The number of alkyl halides is 2. The zero-order chi connectivity index (χ0) is 22.5. The van der Waals surface area contributed by atoms with Gasteiger partial charge in [0.1, 0.15) is 5.75 Å². The Balaban J connectivity index is 1.52. The van der Waals surface area contributed by atoms with Gasteiger partial charge >= 0.3 is 6.61 Å². The lowest BCUT2D eigenvalue weighted by atomic mass is 10.3. The SMILES string of the molecule is CC(Sc1nnc(-c2ccco2)n1-c1ccccc1)C(=O)Nc1ccc(OC(F)F)cc1. The number of carbonyl (C=O) groups is 1. The van der Waals surface area contributed by atoms with Crippen molar-refractivity contribution < 1.29 is 22.7 Å². The highest BCUT2D eigenvalue weighted by molar-refractivity contribution is 8.00. The van der Waals surface area contributed by atoms with Crippen molar-refractivity contribution in [1.82, 2.24) is 14.8 Å². The second kappa shape index (κ2) is 9.65. The summed E-state index contributed by atoms with van der Waals surface area (Å²) in [5.74, 6) is 0.809. The summed E-state index contributed by atoms with van der Waals surface area (Å²) in [7, 11) is 0. The maximum Gasteiger partial charge on any atom is 0.387 e. The van der Waals surface area contributed by atoms with Crippen molar-refractivity contribution in [3.63, 3.8) is 0 Å². The maximum absolute atomic E-state index is 12.7. The summed E-state index contributed by atoms with van der Waals surface area (Å²) in [5.41, 5.74) is 1.29. The van der Waals surface area contributed by atoms with Gasteiger partial charge in [-0.1, -0.05) is 30.0 Å². The number of nitrogens with one attached hydrogen (secondary N) is 1. The number of amides is 1. The third-order valence-corrected chi connectivity index (χ3v) is 5.43. The normalized spacial score (nSPS) is 12.0. The van der Waals surface area contributed by atoms with Crippen LogP contribution in [-0.2, 0) is 4.79 Å². The highest BCUT2D eigenvalue weighted by Gasteiger charge is 2.23. The van der Waals surface area contributed by atoms with Gasteiger partial charge in [-0.25, -0.2) is 0 Å². The molecule has 0 radical (unpaired) electrons. The predicted molar refractivity (Wildman–Crippen MR) is 116 cm³/mol. The first-order chi connectivity index (χ1) is 15.5. The molecule has 7 nitrogen and oxygen atoms in total. The first-order valence-corrected chi connectivity index (χ1v) is 10.5. The zero-order valence-electron chi connectivity index (χ0n) is 16.8. The van der Waals surface area contributed by atoms with Crippen LogP contribution in [0.15, 0.2) is 82.6 Å². The summed E-state index contributed by atoms with van der Waals surface area (Å²) in [6.07, 6.45) is 1.56. The lowest BCUT2D eigenvalue weighted by Gasteiger charge is -2.14. The van der Waals surface area contributed by atoms with Gasteiger partial charge in [-0.05, 0) is 55.5 Å². The number of aromatic nitrogens is 3. The fourth-order valence-electron chi connectivity index (χ4n) is 2.90. The van der Waals surface area contributed by atoms with Crippen molar-refractivity contribution in [2.75, 3.05) is 5.32 Å². The largest absolute Gasteiger partial charge is 0.461 e. The van der Waals surface area contributed by atoms with Crippen molar-refractivity contribution in [3.8, 4) is 23.0 Å². The van der Waals surface area contributed by atoms with E-state index in [0.717, 1.165) is 5.69 Å². The average Bonchev–Trinajstić information content (AvgIpc) is 3.45. The third-order valence-electron chi connectivity index (χ3n) is 4.39. The van der Waals surface area contributed by atoms with E-state index in [-0.39, 0.29) is 11.7 Å². The summed E-state index contributed by atoms with van der Waals surface area (Å²) in [4.78, 5) is 12.7. The first-order valence-electron chi connectivity index (χ1n) is 9.58. The molecule has 0 aliphatic rings. The summed E-state index contributed by atoms with van der Waals surface area (Å²) in [5, 5.41) is 11.3. The molecule has 164 valence electrons. The van der Waals surface area contributed by atoms with E-state index in [0.29, 0.717) is 22.4 Å². The van der Waals surface area contributed by atoms with Crippen LogP contribution in [0.25, 0.3) is 17.3 Å². The van der Waals surface area contributed by atoms with E-state index < -0.39 is 11.9 Å². The molecule has 10 heteroatoms. The van der Waals surface area contributed by atoms with Crippen molar-refractivity contribution in [2.45, 2.75) is 23.9 Å². The average molecular weight is 456 g/mol. The molecule has 0 bridgehead atoms. The molecule has 2 aromatic carbocycles. The maximum atomic E-state index is 12.7. The Labute approximate surface area is 186 Å². The van der Waals surface area contributed by atoms with Gasteiger partial charge in [-0.3, -0.25) is 9.36 Å². The van der Waals surface area contributed by atoms with Crippen LogP contribution in [0, 0.1) is 0 Å². The molecule has 1 unspecified atom stereocenters. The molecule has 1 amide bonds. The van der Waals surface area contributed by atoms with E-state index in [1.807, 2.05) is 34.9 Å². The van der Waals surface area contributed by atoms with E-state index in [1.165, 1.54) is 36.0 Å². The number of hydrogen-bond donors (Lipinski definition) is 1. The van der Waals surface area contributed by atoms with Crippen LogP contribution in [0.2, 0.25) is 0 Å². The van der Waals surface area contributed by atoms with Gasteiger partial charge in [0.25, 0.3) is 0 Å². The van der Waals surface area contributed by atoms with Crippen molar-refractivity contribution >= 4 is 23.4 Å². The number of nitrogens with zero attached hydrogens (tertiary/aromatic N) is 3. The lowest BCUT2D eigenvalue weighted by molar-refractivity contribution is -0.115. The highest BCUT2D eigenvalue weighted by Crippen LogP contribution is 2.30. The van der Waals surface area contributed by atoms with E-state index >= 15 is 0 Å². The number of para-hydroxylation sites is 1. The fourth-order valence-corrected chi connectivity index (χ4v) is 3.76. The van der Waals surface area contributed by atoms with Gasteiger partial charge < -0.3 is 14.5 Å². The van der Waals surface area contributed by atoms with Crippen LogP contribution in [0.3, 0.4) is 0 Å². The number of anilines is 1. The summed E-state index contributed by atoms with van der Waals surface area (Å²) in [6, 6.07) is 18.8. The molecule has 0 aliphatic carbocycles. The van der Waals surface area contributed by atoms with Crippen LogP contribution >= 0.6 is 11.8 Å².